The van der Waals surface area contributed by atoms with Crippen LogP contribution in [0.1, 0.15) is 33.8 Å². The van der Waals surface area contributed by atoms with Gasteiger partial charge in [0.2, 0.25) is 5.76 Å². The van der Waals surface area contributed by atoms with E-state index in [0.717, 1.165) is 11.1 Å². The highest BCUT2D eigenvalue weighted by molar-refractivity contribution is 6.03. The van der Waals surface area contributed by atoms with E-state index in [1.807, 2.05) is 19.1 Å². The molecule has 21 heavy (non-hydrogen) atoms. The first-order chi connectivity index (χ1) is 10.1. The second kappa shape index (κ2) is 6.73. The van der Waals surface area contributed by atoms with Gasteiger partial charge in [-0.15, -0.1) is 0 Å². The number of hydrogen-bond donors (Lipinski definition) is 2. The molecule has 5 heteroatoms. The van der Waals surface area contributed by atoms with Gasteiger partial charge in [0.05, 0.1) is 12.3 Å². The Kier molecular flexibility index (Phi) is 4.75. The summed E-state index contributed by atoms with van der Waals surface area (Å²) in [6.45, 7) is 3.65. The molecule has 108 valence electrons. The number of aryl methyl sites for hydroxylation is 2. The summed E-state index contributed by atoms with van der Waals surface area (Å²) in [7, 11) is 0. The molecule has 0 radical (unpaired) electrons. The molecule has 0 fully saturated rings. The van der Waals surface area contributed by atoms with Gasteiger partial charge in [-0.3, -0.25) is 4.79 Å². The molecule has 2 rings (SSSR count). The summed E-state index contributed by atoms with van der Waals surface area (Å²) >= 11 is 0. The predicted molar refractivity (Wildman–Crippen MR) is 79.0 cm³/mol. The number of oxazole rings is 1. The fraction of sp³-hybridized carbons (Fsp3) is 0.250. The number of amides is 1. The van der Waals surface area contributed by atoms with Gasteiger partial charge in [0.15, 0.2) is 6.39 Å². The van der Waals surface area contributed by atoms with Crippen LogP contribution < -0.4 is 5.32 Å². The van der Waals surface area contributed by atoms with Gasteiger partial charge in [-0.2, -0.15) is 0 Å². The minimum atomic E-state index is -0.327. The van der Waals surface area contributed by atoms with Crippen LogP contribution in [-0.2, 0) is 0 Å². The van der Waals surface area contributed by atoms with Crippen molar-refractivity contribution in [3.05, 3.63) is 47.2 Å². The van der Waals surface area contributed by atoms with Gasteiger partial charge in [0.1, 0.15) is 0 Å². The first kappa shape index (κ1) is 14.8. The highest BCUT2D eigenvalue weighted by Gasteiger charge is 2.14. The Balaban J connectivity index is 2.13. The molecule has 2 aromatic rings. The number of nitrogens with zero attached hydrogens (tertiary/aromatic N) is 1. The molecule has 0 unspecified atom stereocenters. The van der Waals surface area contributed by atoms with E-state index in [0.29, 0.717) is 17.8 Å². The lowest BCUT2D eigenvalue weighted by Crippen LogP contribution is -2.13. The number of aliphatic hydroxyl groups is 1. The molecule has 1 aromatic heterocycles. The second-order valence-electron chi connectivity index (χ2n) is 4.53. The number of rotatable bonds is 3. The molecule has 5 nitrogen and oxygen atoms in total. The normalized spacial score (nSPS) is 9.86. The molecule has 0 saturated heterocycles. The van der Waals surface area contributed by atoms with Crippen LogP contribution in [0.3, 0.4) is 0 Å². The first-order valence-corrected chi connectivity index (χ1v) is 6.53. The lowest BCUT2D eigenvalue weighted by Gasteiger charge is -2.07. The number of aliphatic hydroxyl groups excluding tert-OH is 1. The van der Waals surface area contributed by atoms with E-state index < -0.39 is 0 Å². The summed E-state index contributed by atoms with van der Waals surface area (Å²) in [5.74, 6) is 5.69. The van der Waals surface area contributed by atoms with Gasteiger partial charge in [0.25, 0.3) is 5.91 Å². The number of carbonyl (C=O) groups is 1. The lowest BCUT2D eigenvalue weighted by molar-refractivity contribution is 0.0996. The molecule has 1 heterocycles. The van der Waals surface area contributed by atoms with Crippen molar-refractivity contribution < 1.29 is 14.3 Å². The maximum atomic E-state index is 12.0. The van der Waals surface area contributed by atoms with Crippen LogP contribution in [-0.4, -0.2) is 22.6 Å². The van der Waals surface area contributed by atoms with Gasteiger partial charge in [-0.25, -0.2) is 4.98 Å². The van der Waals surface area contributed by atoms with Gasteiger partial charge in [-0.1, -0.05) is 11.8 Å². The molecule has 0 aliphatic heterocycles. The number of benzene rings is 1. The summed E-state index contributed by atoms with van der Waals surface area (Å²) in [4.78, 5) is 15.9. The molecule has 0 aliphatic carbocycles. The van der Waals surface area contributed by atoms with Crippen LogP contribution in [0.15, 0.2) is 29.0 Å². The predicted octanol–water partition coefficient (Wildman–Crippen LogP) is 2.28. The van der Waals surface area contributed by atoms with Gasteiger partial charge >= 0.3 is 0 Å². The van der Waals surface area contributed by atoms with Crippen molar-refractivity contribution in [1.82, 2.24) is 4.98 Å². The van der Waals surface area contributed by atoms with Crippen molar-refractivity contribution in [2.75, 3.05) is 11.9 Å². The Hall–Kier alpha value is -2.58. The molecular weight excluding hydrogens is 268 g/mol. The fourth-order valence-electron chi connectivity index (χ4n) is 1.80. The van der Waals surface area contributed by atoms with E-state index in [1.165, 1.54) is 6.39 Å². The Morgan fingerprint density at radius 3 is 2.86 bits per heavy atom. The third kappa shape index (κ3) is 3.71. The minimum absolute atomic E-state index is 0.0522. The topological polar surface area (TPSA) is 75.4 Å². The molecular formula is C16H16N2O3. The van der Waals surface area contributed by atoms with Crippen LogP contribution >= 0.6 is 0 Å². The maximum absolute atomic E-state index is 12.0. The minimum Gasteiger partial charge on any atom is -0.438 e. The Labute approximate surface area is 123 Å². The Morgan fingerprint density at radius 2 is 2.24 bits per heavy atom. The molecule has 0 aliphatic rings. The Morgan fingerprint density at radius 1 is 1.43 bits per heavy atom. The summed E-state index contributed by atoms with van der Waals surface area (Å²) in [6, 6.07) is 5.50. The van der Waals surface area contributed by atoms with E-state index in [1.54, 1.807) is 13.0 Å². The smallest absolute Gasteiger partial charge is 0.293 e. The zero-order valence-corrected chi connectivity index (χ0v) is 11.9. The quantitative estimate of drug-likeness (QED) is 0.848. The summed E-state index contributed by atoms with van der Waals surface area (Å²) in [6.07, 6.45) is 1.69. The van der Waals surface area contributed by atoms with E-state index in [-0.39, 0.29) is 18.3 Å². The molecule has 0 saturated carbocycles. The van der Waals surface area contributed by atoms with Crippen molar-refractivity contribution in [2.45, 2.75) is 20.3 Å². The second-order valence-corrected chi connectivity index (χ2v) is 4.53. The summed E-state index contributed by atoms with van der Waals surface area (Å²) in [5, 5.41) is 11.5. The van der Waals surface area contributed by atoms with Gasteiger partial charge in [-0.05, 0) is 37.6 Å². The SMILES string of the molecule is Cc1cc(C#CCCO)ccc1NC(=O)c1ocnc1C. The summed E-state index contributed by atoms with van der Waals surface area (Å²) in [5.41, 5.74) is 2.99. The number of nitrogens with one attached hydrogen (secondary N) is 1. The standard InChI is InChI=1S/C16H16N2O3/c1-11-9-13(5-3-4-8-19)6-7-14(11)18-16(20)15-12(2)17-10-21-15/h6-7,9-10,19H,4,8H2,1-2H3,(H,18,20). The first-order valence-electron chi connectivity index (χ1n) is 6.53. The van der Waals surface area contributed by atoms with Crippen LogP contribution in [0.25, 0.3) is 0 Å². The van der Waals surface area contributed by atoms with Gasteiger partial charge < -0.3 is 14.8 Å². The number of hydrogen-bond acceptors (Lipinski definition) is 4. The molecule has 1 amide bonds. The largest absolute Gasteiger partial charge is 0.438 e. The van der Waals surface area contributed by atoms with Crippen molar-refractivity contribution in [2.24, 2.45) is 0 Å². The van der Waals surface area contributed by atoms with Crippen LogP contribution in [0.2, 0.25) is 0 Å². The van der Waals surface area contributed by atoms with E-state index in [9.17, 15) is 4.79 Å². The fourth-order valence-corrected chi connectivity index (χ4v) is 1.80. The number of carbonyl (C=O) groups excluding carboxylic acids is 1. The highest BCUT2D eigenvalue weighted by atomic mass is 16.3. The van der Waals surface area contributed by atoms with Crippen LogP contribution in [0, 0.1) is 25.7 Å². The van der Waals surface area contributed by atoms with Crippen molar-refractivity contribution in [1.29, 1.82) is 0 Å². The van der Waals surface area contributed by atoms with Crippen LogP contribution in [0.4, 0.5) is 5.69 Å². The van der Waals surface area contributed by atoms with Crippen molar-refractivity contribution >= 4 is 11.6 Å². The van der Waals surface area contributed by atoms with Crippen LogP contribution in [0.5, 0.6) is 0 Å². The average Bonchev–Trinajstić information content (AvgIpc) is 2.88. The zero-order valence-electron chi connectivity index (χ0n) is 11.9. The molecule has 0 spiro atoms. The third-order valence-electron chi connectivity index (χ3n) is 2.90. The summed E-state index contributed by atoms with van der Waals surface area (Å²) < 4.78 is 5.06. The van der Waals surface area contributed by atoms with Crippen molar-refractivity contribution in [3.8, 4) is 11.8 Å². The zero-order chi connectivity index (χ0) is 15.2. The Bertz CT molecular complexity index is 708. The molecule has 0 bridgehead atoms. The molecule has 2 N–H and O–H groups in total. The molecule has 0 atom stereocenters. The lowest BCUT2D eigenvalue weighted by atomic mass is 10.1. The van der Waals surface area contributed by atoms with E-state index in [4.69, 9.17) is 9.52 Å². The maximum Gasteiger partial charge on any atom is 0.293 e. The third-order valence-corrected chi connectivity index (χ3v) is 2.90. The monoisotopic (exact) mass is 284 g/mol. The van der Waals surface area contributed by atoms with E-state index >= 15 is 0 Å². The number of anilines is 1. The average molecular weight is 284 g/mol. The highest BCUT2D eigenvalue weighted by Crippen LogP contribution is 2.18. The molecule has 1 aromatic carbocycles. The van der Waals surface area contributed by atoms with E-state index in [2.05, 4.69) is 22.1 Å². The number of aromatic nitrogens is 1. The van der Waals surface area contributed by atoms with Crippen molar-refractivity contribution in [3.63, 3.8) is 0 Å². The van der Waals surface area contributed by atoms with Gasteiger partial charge in [0, 0.05) is 17.7 Å².